The number of hydrogen-bond donors (Lipinski definition) is 0. The summed E-state index contributed by atoms with van der Waals surface area (Å²) in [6, 6.07) is 11.5. The van der Waals surface area contributed by atoms with E-state index in [1.54, 1.807) is 12.4 Å². The van der Waals surface area contributed by atoms with Crippen molar-refractivity contribution in [3.05, 3.63) is 57.0 Å². The van der Waals surface area contributed by atoms with E-state index in [-0.39, 0.29) is 5.78 Å². The number of carbonyl (C=O) groups is 1. The predicted octanol–water partition coefficient (Wildman–Crippen LogP) is 6.00. The molecule has 0 atom stereocenters. The van der Waals surface area contributed by atoms with E-state index < -0.39 is 0 Å². The molecule has 0 aliphatic carbocycles. The highest BCUT2D eigenvalue weighted by Crippen LogP contribution is 2.30. The maximum atomic E-state index is 12.5. The van der Waals surface area contributed by atoms with Crippen molar-refractivity contribution in [1.82, 2.24) is 4.90 Å². The lowest BCUT2D eigenvalue weighted by atomic mass is 10.0. The van der Waals surface area contributed by atoms with Crippen molar-refractivity contribution in [2.24, 2.45) is 4.99 Å². The molecule has 0 aromatic heterocycles. The molecule has 6 heteroatoms. The molecule has 0 saturated carbocycles. The molecule has 0 unspecified atom stereocenters. The average Bonchev–Trinajstić information content (AvgIpc) is 2.61. The van der Waals surface area contributed by atoms with Crippen molar-refractivity contribution < 1.29 is 4.79 Å². The number of ketones is 1. The zero-order valence-corrected chi connectivity index (χ0v) is 17.6. The molecule has 25 heavy (non-hydrogen) atoms. The minimum Gasteiger partial charge on any atom is -0.366 e. The van der Waals surface area contributed by atoms with E-state index in [1.807, 2.05) is 56.1 Å². The third-order valence-electron chi connectivity index (χ3n) is 3.67. The van der Waals surface area contributed by atoms with Crippen LogP contribution >= 0.6 is 39.3 Å². The van der Waals surface area contributed by atoms with Crippen LogP contribution in [0.25, 0.3) is 0 Å². The van der Waals surface area contributed by atoms with E-state index >= 15 is 0 Å². The Bertz CT molecular complexity index is 778. The van der Waals surface area contributed by atoms with Gasteiger partial charge in [-0.3, -0.25) is 4.79 Å². The van der Waals surface area contributed by atoms with E-state index in [0.29, 0.717) is 22.0 Å². The van der Waals surface area contributed by atoms with E-state index in [4.69, 9.17) is 11.6 Å². The van der Waals surface area contributed by atoms with Crippen LogP contribution in [-0.4, -0.2) is 36.4 Å². The monoisotopic (exact) mass is 438 g/mol. The van der Waals surface area contributed by atoms with Gasteiger partial charge in [0.05, 0.1) is 22.8 Å². The fourth-order valence-corrected chi connectivity index (χ4v) is 3.32. The van der Waals surface area contributed by atoms with Crippen LogP contribution < -0.4 is 0 Å². The van der Waals surface area contributed by atoms with Crippen molar-refractivity contribution in [3.63, 3.8) is 0 Å². The highest BCUT2D eigenvalue weighted by molar-refractivity contribution is 9.10. The number of nitrogens with zero attached hydrogens (tertiary/aromatic N) is 2. The number of benzene rings is 2. The first-order chi connectivity index (χ1) is 11.9. The fraction of sp³-hybridized carbons (Fsp3) is 0.263. The van der Waals surface area contributed by atoms with Gasteiger partial charge in [0, 0.05) is 28.5 Å². The van der Waals surface area contributed by atoms with Crippen LogP contribution in [0.5, 0.6) is 0 Å². The molecule has 132 valence electrons. The molecule has 2 rings (SSSR count). The lowest BCUT2D eigenvalue weighted by Gasteiger charge is -2.10. The Balaban J connectivity index is 2.10. The first-order valence-corrected chi connectivity index (χ1v) is 10.0. The lowest BCUT2D eigenvalue weighted by Crippen LogP contribution is -2.14. The summed E-state index contributed by atoms with van der Waals surface area (Å²) in [6.07, 6.45) is 1.74. The van der Waals surface area contributed by atoms with Gasteiger partial charge < -0.3 is 4.90 Å². The van der Waals surface area contributed by atoms with Gasteiger partial charge in [-0.25, -0.2) is 4.99 Å². The zero-order valence-electron chi connectivity index (χ0n) is 14.4. The van der Waals surface area contributed by atoms with Gasteiger partial charge in [-0.05, 0) is 55.8 Å². The maximum absolute atomic E-state index is 12.5. The quantitative estimate of drug-likeness (QED) is 0.230. The second-order valence-electron chi connectivity index (χ2n) is 5.60. The summed E-state index contributed by atoms with van der Waals surface area (Å²) in [6.45, 7) is 4.82. The van der Waals surface area contributed by atoms with Crippen LogP contribution in [0.15, 0.2) is 50.8 Å². The van der Waals surface area contributed by atoms with E-state index in [2.05, 4.69) is 20.9 Å². The summed E-state index contributed by atoms with van der Waals surface area (Å²) in [5.41, 5.74) is 2.21. The second kappa shape index (κ2) is 9.41. The molecule has 0 aliphatic heterocycles. The number of rotatable bonds is 7. The van der Waals surface area contributed by atoms with Crippen molar-refractivity contribution in [2.75, 3.05) is 19.3 Å². The highest BCUT2D eigenvalue weighted by Gasteiger charge is 2.13. The van der Waals surface area contributed by atoms with E-state index in [9.17, 15) is 4.79 Å². The zero-order chi connectivity index (χ0) is 18.4. The van der Waals surface area contributed by atoms with Gasteiger partial charge in [0.2, 0.25) is 0 Å². The standard InChI is InChI=1S/C19H20BrClN2OS/c1-4-23(3)12-22-18-9-13(2)16(10-17(18)21)19(24)11-25-15-7-5-14(20)6-8-15/h5-10,12H,4,11H2,1-3H3/b22-12-. The van der Waals surface area contributed by atoms with Crippen LogP contribution in [0.3, 0.4) is 0 Å². The number of halogens is 2. The smallest absolute Gasteiger partial charge is 0.173 e. The fourth-order valence-electron chi connectivity index (χ4n) is 2.07. The minimum atomic E-state index is 0.0634. The Labute approximate surface area is 166 Å². The summed E-state index contributed by atoms with van der Waals surface area (Å²) >= 11 is 11.2. The number of thioether (sulfide) groups is 1. The largest absolute Gasteiger partial charge is 0.366 e. The van der Waals surface area contributed by atoms with E-state index in [1.165, 1.54) is 11.8 Å². The molecule has 0 aliphatic rings. The van der Waals surface area contributed by atoms with Crippen LogP contribution in [-0.2, 0) is 0 Å². The molecular formula is C19H20BrClN2OS. The number of carbonyl (C=O) groups excluding carboxylic acids is 1. The Hall–Kier alpha value is -1.30. The Morgan fingerprint density at radius 1 is 1.32 bits per heavy atom. The topological polar surface area (TPSA) is 32.7 Å². The van der Waals surface area contributed by atoms with Crippen molar-refractivity contribution in [3.8, 4) is 0 Å². The van der Waals surface area contributed by atoms with Gasteiger partial charge in [-0.1, -0.05) is 27.5 Å². The van der Waals surface area contributed by atoms with Crippen LogP contribution in [0.2, 0.25) is 5.02 Å². The predicted molar refractivity (Wildman–Crippen MR) is 112 cm³/mol. The molecule has 0 spiro atoms. The van der Waals surface area contributed by atoms with Crippen molar-refractivity contribution in [1.29, 1.82) is 0 Å². The number of aryl methyl sites for hydroxylation is 1. The molecular weight excluding hydrogens is 420 g/mol. The first-order valence-electron chi connectivity index (χ1n) is 7.87. The number of aliphatic imine (C=N–C) groups is 1. The summed E-state index contributed by atoms with van der Waals surface area (Å²) in [5, 5.41) is 0.489. The summed E-state index contributed by atoms with van der Waals surface area (Å²) in [5.74, 6) is 0.438. The summed E-state index contributed by atoms with van der Waals surface area (Å²) < 4.78 is 1.02. The molecule has 0 radical (unpaired) electrons. The molecule has 0 fully saturated rings. The van der Waals surface area contributed by atoms with Crippen molar-refractivity contribution >= 4 is 57.1 Å². The summed E-state index contributed by atoms with van der Waals surface area (Å²) in [4.78, 5) is 20.0. The van der Waals surface area contributed by atoms with Gasteiger partial charge in [0.15, 0.2) is 5.78 Å². The molecule has 3 nitrogen and oxygen atoms in total. The number of Topliss-reactive ketones (excluding diaryl/α,β-unsaturated/α-hetero) is 1. The van der Waals surface area contributed by atoms with Crippen LogP contribution in [0.4, 0.5) is 5.69 Å². The van der Waals surface area contributed by atoms with Gasteiger partial charge in [0.25, 0.3) is 0 Å². The molecule has 0 heterocycles. The second-order valence-corrected chi connectivity index (χ2v) is 7.97. The van der Waals surface area contributed by atoms with Gasteiger partial charge in [-0.2, -0.15) is 0 Å². The average molecular weight is 440 g/mol. The molecule has 2 aromatic rings. The minimum absolute atomic E-state index is 0.0634. The Morgan fingerprint density at radius 2 is 2.00 bits per heavy atom. The molecule has 0 saturated heterocycles. The highest BCUT2D eigenvalue weighted by atomic mass is 79.9. The third kappa shape index (κ3) is 5.87. The molecule has 2 aromatic carbocycles. The molecule has 0 N–H and O–H groups in total. The normalized spacial score (nSPS) is 11.1. The van der Waals surface area contributed by atoms with E-state index in [0.717, 1.165) is 21.5 Å². The maximum Gasteiger partial charge on any atom is 0.173 e. The first kappa shape index (κ1) is 20.0. The SMILES string of the molecule is CCN(C)/C=N\c1cc(C)c(C(=O)CSc2ccc(Br)cc2)cc1Cl. The Kier molecular flexibility index (Phi) is 7.54. The third-order valence-corrected chi connectivity index (χ3v) is 5.51. The van der Waals surface area contributed by atoms with Crippen LogP contribution in [0, 0.1) is 6.92 Å². The lowest BCUT2D eigenvalue weighted by molar-refractivity contribution is 0.102. The number of hydrogen-bond acceptors (Lipinski definition) is 3. The van der Waals surface area contributed by atoms with Gasteiger partial charge in [0.1, 0.15) is 0 Å². The van der Waals surface area contributed by atoms with Gasteiger partial charge >= 0.3 is 0 Å². The molecule has 0 bridgehead atoms. The summed E-state index contributed by atoms with van der Waals surface area (Å²) in [7, 11) is 1.95. The Morgan fingerprint density at radius 3 is 2.64 bits per heavy atom. The van der Waals surface area contributed by atoms with Crippen LogP contribution in [0.1, 0.15) is 22.8 Å². The van der Waals surface area contributed by atoms with Gasteiger partial charge in [-0.15, -0.1) is 11.8 Å². The molecule has 0 amide bonds. The van der Waals surface area contributed by atoms with Crippen molar-refractivity contribution in [2.45, 2.75) is 18.7 Å².